The Labute approximate surface area is 113 Å². The van der Waals surface area contributed by atoms with Gasteiger partial charge < -0.3 is 15.7 Å². The number of rotatable bonds is 6. The normalized spacial score (nSPS) is 11.9. The number of hydrogen-bond donors (Lipinski definition) is 3. The number of carbonyl (C=O) groups is 2. The summed E-state index contributed by atoms with van der Waals surface area (Å²) < 4.78 is 0. The van der Waals surface area contributed by atoms with Gasteiger partial charge in [0.1, 0.15) is 6.04 Å². The second kappa shape index (κ2) is 7.41. The van der Waals surface area contributed by atoms with Crippen LogP contribution in [0.4, 0.5) is 4.79 Å². The Morgan fingerprint density at radius 3 is 2.32 bits per heavy atom. The van der Waals surface area contributed by atoms with Gasteiger partial charge in [-0.05, 0) is 32.3 Å². The Hall–Kier alpha value is -2.04. The lowest BCUT2D eigenvalue weighted by atomic mass is 10.1. The Balaban J connectivity index is 2.49. The van der Waals surface area contributed by atoms with Gasteiger partial charge in [0.05, 0.1) is 0 Å². The van der Waals surface area contributed by atoms with Crippen molar-refractivity contribution >= 4 is 12.0 Å². The molecular formula is C14H20N2O3. The molecule has 5 nitrogen and oxygen atoms in total. The lowest BCUT2D eigenvalue weighted by molar-refractivity contribution is -0.139. The number of hydrogen-bond acceptors (Lipinski definition) is 2. The molecule has 0 spiro atoms. The summed E-state index contributed by atoms with van der Waals surface area (Å²) in [6, 6.07) is 8.25. The fourth-order valence-electron chi connectivity index (χ4n) is 1.68. The minimum atomic E-state index is -1.02. The first kappa shape index (κ1) is 15.0. The summed E-state index contributed by atoms with van der Waals surface area (Å²) in [5.74, 6) is -1.02. The average molecular weight is 264 g/mol. The van der Waals surface area contributed by atoms with Gasteiger partial charge in [-0.1, -0.05) is 30.3 Å². The highest BCUT2D eigenvalue weighted by atomic mass is 16.4. The van der Waals surface area contributed by atoms with E-state index < -0.39 is 18.0 Å². The molecule has 104 valence electrons. The van der Waals surface area contributed by atoms with Crippen molar-refractivity contribution in [3.8, 4) is 0 Å². The maximum atomic E-state index is 11.5. The molecule has 0 radical (unpaired) electrons. The summed E-state index contributed by atoms with van der Waals surface area (Å²) >= 11 is 0. The smallest absolute Gasteiger partial charge is 0.326 e. The first-order valence-corrected chi connectivity index (χ1v) is 6.33. The van der Waals surface area contributed by atoms with Crippen LogP contribution in [-0.4, -0.2) is 29.2 Å². The molecule has 1 rings (SSSR count). The molecule has 1 atom stereocenters. The monoisotopic (exact) mass is 264 g/mol. The van der Waals surface area contributed by atoms with Gasteiger partial charge in [0.2, 0.25) is 0 Å². The summed E-state index contributed by atoms with van der Waals surface area (Å²) in [5, 5.41) is 14.2. The molecule has 19 heavy (non-hydrogen) atoms. The first-order valence-electron chi connectivity index (χ1n) is 6.33. The van der Waals surface area contributed by atoms with Gasteiger partial charge in [0, 0.05) is 6.04 Å². The molecule has 0 aliphatic carbocycles. The molecule has 1 aromatic rings. The Bertz CT molecular complexity index is 418. The number of nitrogens with one attached hydrogen (secondary N) is 2. The first-order chi connectivity index (χ1) is 8.99. The van der Waals surface area contributed by atoms with Crippen molar-refractivity contribution in [2.24, 2.45) is 0 Å². The predicted molar refractivity (Wildman–Crippen MR) is 73.0 cm³/mol. The zero-order chi connectivity index (χ0) is 14.3. The summed E-state index contributed by atoms with van der Waals surface area (Å²) in [4.78, 5) is 22.6. The lowest BCUT2D eigenvalue weighted by Gasteiger charge is -2.16. The SMILES string of the molecule is CC(C)NC(=O)N[C@@H](CCc1ccccc1)C(=O)O. The molecule has 5 heteroatoms. The van der Waals surface area contributed by atoms with E-state index in [0.29, 0.717) is 12.8 Å². The van der Waals surface area contributed by atoms with Crippen LogP contribution in [0.5, 0.6) is 0 Å². The summed E-state index contributed by atoms with van der Waals surface area (Å²) in [5.41, 5.74) is 1.06. The van der Waals surface area contributed by atoms with E-state index in [2.05, 4.69) is 10.6 Å². The maximum Gasteiger partial charge on any atom is 0.326 e. The third kappa shape index (κ3) is 5.90. The van der Waals surface area contributed by atoms with Crippen molar-refractivity contribution in [2.75, 3.05) is 0 Å². The van der Waals surface area contributed by atoms with E-state index in [1.165, 1.54) is 0 Å². The third-order valence-corrected chi connectivity index (χ3v) is 2.59. The van der Waals surface area contributed by atoms with Crippen molar-refractivity contribution in [1.82, 2.24) is 10.6 Å². The molecule has 2 amide bonds. The molecule has 0 aliphatic heterocycles. The number of carbonyl (C=O) groups excluding carboxylic acids is 1. The molecule has 0 aliphatic rings. The molecule has 1 aromatic carbocycles. The Kier molecular flexibility index (Phi) is 5.85. The zero-order valence-corrected chi connectivity index (χ0v) is 11.2. The van der Waals surface area contributed by atoms with E-state index in [0.717, 1.165) is 5.56 Å². The van der Waals surface area contributed by atoms with Crippen LogP contribution in [-0.2, 0) is 11.2 Å². The van der Waals surface area contributed by atoms with Gasteiger partial charge in [-0.15, -0.1) is 0 Å². The number of carboxylic acids is 1. The number of aryl methyl sites for hydroxylation is 1. The van der Waals surface area contributed by atoms with Crippen LogP contribution in [0.25, 0.3) is 0 Å². The highest BCUT2D eigenvalue weighted by molar-refractivity contribution is 5.82. The van der Waals surface area contributed by atoms with E-state index >= 15 is 0 Å². The van der Waals surface area contributed by atoms with Crippen LogP contribution >= 0.6 is 0 Å². The molecule has 3 N–H and O–H groups in total. The molecule has 0 fully saturated rings. The molecule has 0 aromatic heterocycles. The highest BCUT2D eigenvalue weighted by Gasteiger charge is 2.19. The third-order valence-electron chi connectivity index (χ3n) is 2.59. The molecule has 0 saturated heterocycles. The lowest BCUT2D eigenvalue weighted by Crippen LogP contribution is -2.48. The van der Waals surface area contributed by atoms with Crippen molar-refractivity contribution < 1.29 is 14.7 Å². The molecule has 0 heterocycles. The van der Waals surface area contributed by atoms with E-state index in [9.17, 15) is 9.59 Å². The highest BCUT2D eigenvalue weighted by Crippen LogP contribution is 2.05. The van der Waals surface area contributed by atoms with Crippen LogP contribution in [0.1, 0.15) is 25.8 Å². The van der Waals surface area contributed by atoms with Gasteiger partial charge in [-0.2, -0.15) is 0 Å². The van der Waals surface area contributed by atoms with Crippen LogP contribution in [0.2, 0.25) is 0 Å². The minimum Gasteiger partial charge on any atom is -0.480 e. The topological polar surface area (TPSA) is 78.4 Å². The van der Waals surface area contributed by atoms with Crippen LogP contribution in [0.3, 0.4) is 0 Å². The molecule has 0 bridgehead atoms. The standard InChI is InChI=1S/C14H20N2O3/c1-10(2)15-14(19)16-12(13(17)18)9-8-11-6-4-3-5-7-11/h3-7,10,12H,8-9H2,1-2H3,(H,17,18)(H2,15,16,19)/t12-/m0/s1. The molecule has 0 saturated carbocycles. The fraction of sp³-hybridized carbons (Fsp3) is 0.429. The number of aliphatic carboxylic acids is 1. The summed E-state index contributed by atoms with van der Waals surface area (Å²) in [6.45, 7) is 3.64. The minimum absolute atomic E-state index is 0.0245. The van der Waals surface area contributed by atoms with E-state index in [1.807, 2.05) is 44.2 Å². The summed E-state index contributed by atoms with van der Waals surface area (Å²) in [6.07, 6.45) is 0.977. The Morgan fingerprint density at radius 2 is 1.79 bits per heavy atom. The van der Waals surface area contributed by atoms with Crippen molar-refractivity contribution in [2.45, 2.75) is 38.8 Å². The van der Waals surface area contributed by atoms with E-state index in [-0.39, 0.29) is 6.04 Å². The van der Waals surface area contributed by atoms with E-state index in [4.69, 9.17) is 5.11 Å². The maximum absolute atomic E-state index is 11.5. The van der Waals surface area contributed by atoms with Crippen LogP contribution in [0, 0.1) is 0 Å². The quantitative estimate of drug-likeness (QED) is 0.733. The fourth-order valence-corrected chi connectivity index (χ4v) is 1.68. The summed E-state index contributed by atoms with van der Waals surface area (Å²) in [7, 11) is 0. The van der Waals surface area contributed by atoms with Crippen molar-refractivity contribution in [1.29, 1.82) is 0 Å². The largest absolute Gasteiger partial charge is 0.480 e. The van der Waals surface area contributed by atoms with Crippen LogP contribution < -0.4 is 10.6 Å². The number of amides is 2. The number of carboxylic acid groups (broad SMARTS) is 1. The van der Waals surface area contributed by atoms with Gasteiger partial charge in [0.25, 0.3) is 0 Å². The predicted octanol–water partition coefficient (Wildman–Crippen LogP) is 1.78. The second-order valence-electron chi connectivity index (χ2n) is 4.69. The Morgan fingerprint density at radius 1 is 1.16 bits per heavy atom. The van der Waals surface area contributed by atoms with Gasteiger partial charge in [0.15, 0.2) is 0 Å². The van der Waals surface area contributed by atoms with Gasteiger partial charge in [-0.25, -0.2) is 9.59 Å². The zero-order valence-electron chi connectivity index (χ0n) is 11.2. The van der Waals surface area contributed by atoms with E-state index in [1.54, 1.807) is 0 Å². The van der Waals surface area contributed by atoms with Crippen molar-refractivity contribution in [3.05, 3.63) is 35.9 Å². The van der Waals surface area contributed by atoms with Gasteiger partial charge >= 0.3 is 12.0 Å². The average Bonchev–Trinajstić information content (AvgIpc) is 2.34. The van der Waals surface area contributed by atoms with Crippen molar-refractivity contribution in [3.63, 3.8) is 0 Å². The number of urea groups is 1. The van der Waals surface area contributed by atoms with Gasteiger partial charge in [-0.3, -0.25) is 0 Å². The second-order valence-corrected chi connectivity index (χ2v) is 4.69. The molecular weight excluding hydrogens is 244 g/mol. The molecule has 0 unspecified atom stereocenters. The van der Waals surface area contributed by atoms with Crippen LogP contribution in [0.15, 0.2) is 30.3 Å². The number of benzene rings is 1.